The molecule has 7 heteroatoms. The smallest absolute Gasteiger partial charge is 0.272 e. The highest BCUT2D eigenvalue weighted by molar-refractivity contribution is 5.93. The van der Waals surface area contributed by atoms with Gasteiger partial charge in [-0.2, -0.15) is 0 Å². The van der Waals surface area contributed by atoms with Crippen molar-refractivity contribution in [3.8, 4) is 5.75 Å². The summed E-state index contributed by atoms with van der Waals surface area (Å²) in [4.78, 5) is 23.7. The van der Waals surface area contributed by atoms with Gasteiger partial charge in [-0.15, -0.1) is 0 Å². The number of hydrogen-bond donors (Lipinski definition) is 0. The molecule has 28 heavy (non-hydrogen) atoms. The van der Waals surface area contributed by atoms with Crippen LogP contribution < -0.4 is 14.5 Å². The van der Waals surface area contributed by atoms with E-state index in [-0.39, 0.29) is 5.91 Å². The van der Waals surface area contributed by atoms with Crippen molar-refractivity contribution < 1.29 is 14.3 Å². The van der Waals surface area contributed by atoms with Gasteiger partial charge in [0, 0.05) is 51.2 Å². The van der Waals surface area contributed by atoms with E-state index in [2.05, 4.69) is 20.9 Å². The zero-order valence-electron chi connectivity index (χ0n) is 16.2. The number of para-hydroxylation sites is 2. The van der Waals surface area contributed by atoms with E-state index in [0.717, 1.165) is 56.5 Å². The Morgan fingerprint density at radius 1 is 1.00 bits per heavy atom. The maximum Gasteiger partial charge on any atom is 0.272 e. The lowest BCUT2D eigenvalue weighted by Gasteiger charge is -2.36. The molecule has 0 radical (unpaired) electrons. The van der Waals surface area contributed by atoms with E-state index in [1.807, 2.05) is 35.2 Å². The van der Waals surface area contributed by atoms with Crippen LogP contribution in [0.4, 0.5) is 11.4 Å². The second-order valence-electron chi connectivity index (χ2n) is 6.95. The van der Waals surface area contributed by atoms with Gasteiger partial charge in [0.1, 0.15) is 11.4 Å². The van der Waals surface area contributed by atoms with Crippen molar-refractivity contribution in [3.63, 3.8) is 0 Å². The van der Waals surface area contributed by atoms with Crippen LogP contribution in [0.3, 0.4) is 0 Å². The number of rotatable bonds is 4. The van der Waals surface area contributed by atoms with Gasteiger partial charge in [0.05, 0.1) is 26.0 Å². The van der Waals surface area contributed by atoms with E-state index >= 15 is 0 Å². The molecule has 4 rings (SSSR count). The summed E-state index contributed by atoms with van der Waals surface area (Å²) in [7, 11) is 1.69. The molecule has 2 aliphatic rings. The number of pyridine rings is 1. The van der Waals surface area contributed by atoms with Gasteiger partial charge in [-0.05, 0) is 24.3 Å². The molecule has 0 bridgehead atoms. The van der Waals surface area contributed by atoms with E-state index < -0.39 is 0 Å². The van der Waals surface area contributed by atoms with Crippen LogP contribution in [-0.4, -0.2) is 75.4 Å². The summed E-state index contributed by atoms with van der Waals surface area (Å²) < 4.78 is 10.9. The fourth-order valence-corrected chi connectivity index (χ4v) is 3.76. The molecule has 1 amide bonds. The first kappa shape index (κ1) is 18.6. The molecule has 0 spiro atoms. The van der Waals surface area contributed by atoms with Crippen molar-refractivity contribution >= 4 is 17.3 Å². The Bertz CT molecular complexity index is 815. The highest BCUT2D eigenvalue weighted by Crippen LogP contribution is 2.28. The van der Waals surface area contributed by atoms with Crippen LogP contribution in [0.25, 0.3) is 0 Å². The molecule has 7 nitrogen and oxygen atoms in total. The second-order valence-corrected chi connectivity index (χ2v) is 6.95. The molecule has 148 valence electrons. The molecule has 1 aromatic heterocycles. The van der Waals surface area contributed by atoms with Crippen LogP contribution >= 0.6 is 0 Å². The molecule has 2 aromatic rings. The van der Waals surface area contributed by atoms with Gasteiger partial charge in [0.15, 0.2) is 0 Å². The van der Waals surface area contributed by atoms with E-state index in [1.165, 1.54) is 0 Å². The number of anilines is 2. The predicted octanol–water partition coefficient (Wildman–Crippen LogP) is 1.89. The molecular weight excluding hydrogens is 356 g/mol. The van der Waals surface area contributed by atoms with Crippen LogP contribution in [-0.2, 0) is 4.74 Å². The highest BCUT2D eigenvalue weighted by Gasteiger charge is 2.25. The van der Waals surface area contributed by atoms with Gasteiger partial charge in [-0.1, -0.05) is 12.1 Å². The van der Waals surface area contributed by atoms with Crippen molar-refractivity contribution in [3.05, 3.63) is 48.3 Å². The SMILES string of the molecule is COc1ccccc1N1CCN(C(=O)c2cc(N3CCOCC3)ccn2)CC1. The molecule has 0 aliphatic carbocycles. The number of morpholine rings is 1. The number of carbonyl (C=O) groups excluding carboxylic acids is 1. The largest absolute Gasteiger partial charge is 0.495 e. The maximum atomic E-state index is 13.0. The second kappa shape index (κ2) is 8.48. The van der Waals surface area contributed by atoms with Gasteiger partial charge in [-0.3, -0.25) is 9.78 Å². The van der Waals surface area contributed by atoms with Crippen LogP contribution in [0.5, 0.6) is 5.75 Å². The van der Waals surface area contributed by atoms with Gasteiger partial charge in [-0.25, -0.2) is 0 Å². The molecule has 2 fully saturated rings. The maximum absolute atomic E-state index is 13.0. The Morgan fingerprint density at radius 2 is 1.75 bits per heavy atom. The van der Waals surface area contributed by atoms with Gasteiger partial charge in [0.2, 0.25) is 0 Å². The Balaban J connectivity index is 1.41. The van der Waals surface area contributed by atoms with Crippen LogP contribution in [0, 0.1) is 0 Å². The number of amides is 1. The van der Waals surface area contributed by atoms with E-state index in [0.29, 0.717) is 18.8 Å². The lowest BCUT2D eigenvalue weighted by atomic mass is 10.2. The van der Waals surface area contributed by atoms with Crippen LogP contribution in [0.15, 0.2) is 42.6 Å². The summed E-state index contributed by atoms with van der Waals surface area (Å²) in [6.45, 7) is 6.00. The number of piperazine rings is 1. The average Bonchev–Trinajstić information content (AvgIpc) is 2.79. The first-order valence-electron chi connectivity index (χ1n) is 9.72. The fraction of sp³-hybridized carbons (Fsp3) is 0.429. The highest BCUT2D eigenvalue weighted by atomic mass is 16.5. The third-order valence-electron chi connectivity index (χ3n) is 5.33. The van der Waals surface area contributed by atoms with E-state index in [1.54, 1.807) is 13.3 Å². The van der Waals surface area contributed by atoms with Crippen LogP contribution in [0.1, 0.15) is 10.5 Å². The molecular formula is C21H26N4O3. The minimum atomic E-state index is -0.00483. The number of aromatic nitrogens is 1. The number of nitrogens with zero attached hydrogens (tertiary/aromatic N) is 4. The Morgan fingerprint density at radius 3 is 2.50 bits per heavy atom. The number of carbonyl (C=O) groups is 1. The van der Waals surface area contributed by atoms with E-state index in [9.17, 15) is 4.79 Å². The zero-order valence-corrected chi connectivity index (χ0v) is 16.2. The molecule has 0 N–H and O–H groups in total. The Kier molecular flexibility index (Phi) is 5.62. The summed E-state index contributed by atoms with van der Waals surface area (Å²) in [5.74, 6) is 0.858. The third kappa shape index (κ3) is 3.89. The van der Waals surface area contributed by atoms with Gasteiger partial charge >= 0.3 is 0 Å². The summed E-state index contributed by atoms with van der Waals surface area (Å²) in [6.07, 6.45) is 1.73. The number of ether oxygens (including phenoxy) is 2. The minimum Gasteiger partial charge on any atom is -0.495 e. The zero-order chi connectivity index (χ0) is 19.3. The lowest BCUT2D eigenvalue weighted by molar-refractivity contribution is 0.0741. The molecule has 3 heterocycles. The minimum absolute atomic E-state index is 0.00483. The average molecular weight is 382 g/mol. The first-order valence-corrected chi connectivity index (χ1v) is 9.72. The van der Waals surface area contributed by atoms with Crippen molar-refractivity contribution in [1.82, 2.24) is 9.88 Å². The van der Waals surface area contributed by atoms with Crippen molar-refractivity contribution in [1.29, 1.82) is 0 Å². The Labute approximate surface area is 165 Å². The van der Waals surface area contributed by atoms with Crippen LogP contribution in [0.2, 0.25) is 0 Å². The summed E-state index contributed by atoms with van der Waals surface area (Å²) in [6, 6.07) is 11.9. The topological polar surface area (TPSA) is 58.1 Å². The Hall–Kier alpha value is -2.80. The third-order valence-corrected chi connectivity index (χ3v) is 5.33. The normalized spacial score (nSPS) is 17.5. The summed E-state index contributed by atoms with van der Waals surface area (Å²) in [5.41, 5.74) is 2.62. The number of methoxy groups -OCH3 is 1. The number of benzene rings is 1. The fourth-order valence-electron chi connectivity index (χ4n) is 3.76. The number of hydrogen-bond acceptors (Lipinski definition) is 6. The molecule has 0 saturated carbocycles. The molecule has 2 saturated heterocycles. The van der Waals surface area contributed by atoms with E-state index in [4.69, 9.17) is 9.47 Å². The first-order chi connectivity index (χ1) is 13.8. The van der Waals surface area contributed by atoms with Crippen molar-refractivity contribution in [2.45, 2.75) is 0 Å². The standard InChI is InChI=1S/C21H26N4O3/c1-27-20-5-3-2-4-19(20)24-8-10-25(11-9-24)21(26)18-16-17(6-7-22-18)23-12-14-28-15-13-23/h2-7,16H,8-15H2,1H3. The van der Waals surface area contributed by atoms with Crippen molar-refractivity contribution in [2.75, 3.05) is 69.4 Å². The molecule has 0 atom stereocenters. The van der Waals surface area contributed by atoms with Gasteiger partial charge in [0.25, 0.3) is 5.91 Å². The lowest BCUT2D eigenvalue weighted by Crippen LogP contribution is -2.49. The molecule has 0 unspecified atom stereocenters. The molecule has 2 aliphatic heterocycles. The van der Waals surface area contributed by atoms with Gasteiger partial charge < -0.3 is 24.2 Å². The monoisotopic (exact) mass is 382 g/mol. The molecule has 1 aromatic carbocycles. The van der Waals surface area contributed by atoms with Crippen molar-refractivity contribution in [2.24, 2.45) is 0 Å². The predicted molar refractivity (Wildman–Crippen MR) is 108 cm³/mol. The summed E-state index contributed by atoms with van der Waals surface area (Å²) in [5, 5.41) is 0. The quantitative estimate of drug-likeness (QED) is 0.805. The summed E-state index contributed by atoms with van der Waals surface area (Å²) >= 11 is 0.